The highest BCUT2D eigenvalue weighted by Crippen LogP contribution is 2.28. The first-order chi connectivity index (χ1) is 6.81. The van der Waals surface area contributed by atoms with Gasteiger partial charge in [-0.2, -0.15) is 0 Å². The Morgan fingerprint density at radius 2 is 2.36 bits per heavy atom. The standard InChI is InChI=1S/C12H15BrO/c1-9-6-10(7-13)2-3-12(9)11-4-5-14-8-11/h2-3,6,11H,4-5,7-8H2,1H3. The van der Waals surface area contributed by atoms with E-state index in [1.54, 1.807) is 0 Å². The molecule has 0 amide bonds. The van der Waals surface area contributed by atoms with E-state index in [2.05, 4.69) is 41.1 Å². The van der Waals surface area contributed by atoms with Gasteiger partial charge in [0.2, 0.25) is 0 Å². The molecule has 0 spiro atoms. The first kappa shape index (κ1) is 10.2. The van der Waals surface area contributed by atoms with Crippen LogP contribution in [0.25, 0.3) is 0 Å². The second-order valence-electron chi connectivity index (χ2n) is 3.89. The molecule has 2 rings (SSSR count). The molecular weight excluding hydrogens is 240 g/mol. The van der Waals surface area contributed by atoms with Crippen molar-refractivity contribution in [3.05, 3.63) is 34.9 Å². The monoisotopic (exact) mass is 254 g/mol. The lowest BCUT2D eigenvalue weighted by molar-refractivity contribution is 0.194. The number of benzene rings is 1. The molecule has 1 fully saturated rings. The zero-order valence-corrected chi connectivity index (χ0v) is 10.0. The summed E-state index contributed by atoms with van der Waals surface area (Å²) in [6.07, 6.45) is 1.18. The van der Waals surface area contributed by atoms with Gasteiger partial charge in [-0.05, 0) is 30.0 Å². The Balaban J connectivity index is 2.25. The lowest BCUT2D eigenvalue weighted by Crippen LogP contribution is -2.00. The van der Waals surface area contributed by atoms with Gasteiger partial charge in [-0.3, -0.25) is 0 Å². The van der Waals surface area contributed by atoms with Gasteiger partial charge in [-0.1, -0.05) is 34.1 Å². The fraction of sp³-hybridized carbons (Fsp3) is 0.500. The lowest BCUT2D eigenvalue weighted by Gasteiger charge is -2.12. The molecule has 1 aliphatic rings. The van der Waals surface area contributed by atoms with Crippen LogP contribution in [-0.2, 0) is 10.1 Å². The normalized spacial score (nSPS) is 21.4. The van der Waals surface area contributed by atoms with Gasteiger partial charge in [0.1, 0.15) is 0 Å². The molecule has 14 heavy (non-hydrogen) atoms. The first-order valence-corrected chi connectivity index (χ1v) is 6.16. The molecule has 1 aliphatic heterocycles. The van der Waals surface area contributed by atoms with Gasteiger partial charge in [-0.25, -0.2) is 0 Å². The van der Waals surface area contributed by atoms with Crippen molar-refractivity contribution in [1.82, 2.24) is 0 Å². The fourth-order valence-electron chi connectivity index (χ4n) is 2.06. The molecule has 1 aromatic rings. The molecule has 1 heterocycles. The molecule has 0 aliphatic carbocycles. The van der Waals surface area contributed by atoms with Crippen LogP contribution in [0.5, 0.6) is 0 Å². The molecular formula is C12H15BrO. The summed E-state index contributed by atoms with van der Waals surface area (Å²) in [6.45, 7) is 4.01. The van der Waals surface area contributed by atoms with E-state index in [0.29, 0.717) is 5.92 Å². The third-order valence-corrected chi connectivity index (χ3v) is 3.51. The maximum Gasteiger partial charge on any atom is 0.0535 e. The number of alkyl halides is 1. The minimum Gasteiger partial charge on any atom is -0.381 e. The number of hydrogen-bond donors (Lipinski definition) is 0. The maximum absolute atomic E-state index is 5.41. The summed E-state index contributed by atoms with van der Waals surface area (Å²) >= 11 is 3.48. The summed E-state index contributed by atoms with van der Waals surface area (Å²) in [7, 11) is 0. The molecule has 76 valence electrons. The van der Waals surface area contributed by atoms with Gasteiger partial charge >= 0.3 is 0 Å². The zero-order chi connectivity index (χ0) is 9.97. The third kappa shape index (κ3) is 2.01. The van der Waals surface area contributed by atoms with Crippen LogP contribution in [0, 0.1) is 6.92 Å². The summed E-state index contributed by atoms with van der Waals surface area (Å²) < 4.78 is 5.41. The topological polar surface area (TPSA) is 9.23 Å². The molecule has 0 bridgehead atoms. The minimum absolute atomic E-state index is 0.624. The molecule has 0 radical (unpaired) electrons. The van der Waals surface area contributed by atoms with Gasteiger partial charge in [-0.15, -0.1) is 0 Å². The Hall–Kier alpha value is -0.340. The minimum atomic E-state index is 0.624. The van der Waals surface area contributed by atoms with Crippen molar-refractivity contribution in [2.75, 3.05) is 13.2 Å². The van der Waals surface area contributed by atoms with Gasteiger partial charge in [0.25, 0.3) is 0 Å². The van der Waals surface area contributed by atoms with Crippen molar-refractivity contribution in [3.8, 4) is 0 Å². The van der Waals surface area contributed by atoms with E-state index >= 15 is 0 Å². The van der Waals surface area contributed by atoms with E-state index in [9.17, 15) is 0 Å². The molecule has 1 atom stereocenters. The summed E-state index contributed by atoms with van der Waals surface area (Å²) in [5.74, 6) is 0.624. The Labute approximate surface area is 93.6 Å². The molecule has 0 saturated carbocycles. The van der Waals surface area contributed by atoms with Crippen LogP contribution < -0.4 is 0 Å². The average Bonchev–Trinajstić information content (AvgIpc) is 2.70. The maximum atomic E-state index is 5.41. The van der Waals surface area contributed by atoms with Crippen molar-refractivity contribution in [3.63, 3.8) is 0 Å². The van der Waals surface area contributed by atoms with Gasteiger partial charge in [0, 0.05) is 17.9 Å². The van der Waals surface area contributed by atoms with Crippen molar-refractivity contribution in [2.45, 2.75) is 24.6 Å². The van der Waals surface area contributed by atoms with Gasteiger partial charge in [0.05, 0.1) is 6.61 Å². The molecule has 1 saturated heterocycles. The number of hydrogen-bond acceptors (Lipinski definition) is 1. The summed E-state index contributed by atoms with van der Waals surface area (Å²) in [5, 5.41) is 0.940. The van der Waals surface area contributed by atoms with E-state index in [-0.39, 0.29) is 0 Å². The van der Waals surface area contributed by atoms with Crippen molar-refractivity contribution >= 4 is 15.9 Å². The van der Waals surface area contributed by atoms with Crippen LogP contribution in [-0.4, -0.2) is 13.2 Å². The highest BCUT2D eigenvalue weighted by molar-refractivity contribution is 9.08. The van der Waals surface area contributed by atoms with Crippen molar-refractivity contribution in [2.24, 2.45) is 0 Å². The van der Waals surface area contributed by atoms with E-state index in [1.165, 1.54) is 23.1 Å². The highest BCUT2D eigenvalue weighted by atomic mass is 79.9. The van der Waals surface area contributed by atoms with Crippen molar-refractivity contribution in [1.29, 1.82) is 0 Å². The van der Waals surface area contributed by atoms with E-state index in [0.717, 1.165) is 18.5 Å². The summed E-state index contributed by atoms with van der Waals surface area (Å²) in [4.78, 5) is 0. The van der Waals surface area contributed by atoms with Crippen LogP contribution in [0.2, 0.25) is 0 Å². The first-order valence-electron chi connectivity index (χ1n) is 5.04. The second-order valence-corrected chi connectivity index (χ2v) is 4.45. The van der Waals surface area contributed by atoms with E-state index < -0.39 is 0 Å². The van der Waals surface area contributed by atoms with Gasteiger partial charge < -0.3 is 4.74 Å². The molecule has 0 N–H and O–H groups in total. The quantitative estimate of drug-likeness (QED) is 0.736. The SMILES string of the molecule is Cc1cc(CBr)ccc1C1CCOC1. The van der Waals surface area contributed by atoms with Crippen LogP contribution in [0.15, 0.2) is 18.2 Å². The Morgan fingerprint density at radius 1 is 1.50 bits per heavy atom. The fourth-order valence-corrected chi connectivity index (χ4v) is 2.41. The zero-order valence-electron chi connectivity index (χ0n) is 8.42. The van der Waals surface area contributed by atoms with Crippen LogP contribution in [0.3, 0.4) is 0 Å². The molecule has 1 unspecified atom stereocenters. The highest BCUT2D eigenvalue weighted by Gasteiger charge is 2.19. The van der Waals surface area contributed by atoms with Crippen LogP contribution >= 0.6 is 15.9 Å². The summed E-state index contributed by atoms with van der Waals surface area (Å²) in [6, 6.07) is 6.73. The van der Waals surface area contributed by atoms with Crippen LogP contribution in [0.4, 0.5) is 0 Å². The van der Waals surface area contributed by atoms with E-state index in [1.807, 2.05) is 0 Å². The van der Waals surface area contributed by atoms with Crippen LogP contribution in [0.1, 0.15) is 29.0 Å². The van der Waals surface area contributed by atoms with Crippen molar-refractivity contribution < 1.29 is 4.74 Å². The summed E-state index contributed by atoms with van der Waals surface area (Å²) in [5.41, 5.74) is 4.22. The Bertz CT molecular complexity index is 316. The Kier molecular flexibility index (Phi) is 3.24. The predicted molar refractivity (Wildman–Crippen MR) is 62.0 cm³/mol. The predicted octanol–water partition coefficient (Wildman–Crippen LogP) is 3.39. The molecule has 1 nitrogen and oxygen atoms in total. The second kappa shape index (κ2) is 4.45. The van der Waals surface area contributed by atoms with Gasteiger partial charge in [0.15, 0.2) is 0 Å². The van der Waals surface area contributed by atoms with E-state index in [4.69, 9.17) is 4.74 Å². The number of aryl methyl sites for hydroxylation is 1. The molecule has 1 aromatic carbocycles. The molecule has 2 heteroatoms. The molecule has 0 aromatic heterocycles. The number of rotatable bonds is 2. The smallest absolute Gasteiger partial charge is 0.0535 e. The average molecular weight is 255 g/mol. The largest absolute Gasteiger partial charge is 0.381 e. The number of ether oxygens (including phenoxy) is 1. The Morgan fingerprint density at radius 3 is 2.93 bits per heavy atom. The lowest BCUT2D eigenvalue weighted by atomic mass is 9.93. The third-order valence-electron chi connectivity index (χ3n) is 2.86. The number of halogens is 1.